The number of hydrogen-bond acceptors (Lipinski definition) is 8. The highest BCUT2D eigenvalue weighted by molar-refractivity contribution is 6.35. The van der Waals surface area contributed by atoms with Crippen molar-refractivity contribution in [1.82, 2.24) is 35.4 Å². The number of aromatic nitrogens is 3. The summed E-state index contributed by atoms with van der Waals surface area (Å²) in [4.78, 5) is 79.8. The Morgan fingerprint density at radius 3 is 2.32 bits per heavy atom. The van der Waals surface area contributed by atoms with Crippen LogP contribution in [0, 0.1) is 11.3 Å². The van der Waals surface area contributed by atoms with Crippen molar-refractivity contribution >= 4 is 64.4 Å². The van der Waals surface area contributed by atoms with E-state index in [2.05, 4.69) is 32.0 Å². The number of fused-ring (bicyclic) bond motifs is 1. The fraction of sp³-hybridized carbons (Fsp3) is 0.350. The van der Waals surface area contributed by atoms with Crippen molar-refractivity contribution in [2.75, 3.05) is 18.0 Å². The lowest BCUT2D eigenvalue weighted by Crippen LogP contribution is -2.52. The zero-order valence-electron chi connectivity index (χ0n) is 30.6. The van der Waals surface area contributed by atoms with Gasteiger partial charge in [-0.05, 0) is 87.1 Å². The van der Waals surface area contributed by atoms with Crippen LogP contribution in [-0.4, -0.2) is 73.6 Å². The Labute approximate surface area is 332 Å². The molecule has 3 fully saturated rings. The number of nitrogens with zero attached hydrogens (tertiary/aromatic N) is 6. The molecule has 0 radical (unpaired) electrons. The molecular formula is C40H37Cl2N9O5. The van der Waals surface area contributed by atoms with Crippen LogP contribution in [0.2, 0.25) is 10.0 Å². The minimum atomic E-state index is -1.35. The summed E-state index contributed by atoms with van der Waals surface area (Å²) in [6, 6.07) is 16.9. The zero-order chi connectivity index (χ0) is 39.6. The molecule has 56 heavy (non-hydrogen) atoms. The SMILES string of the molecule is CC(=O)NC1CCN(C(=O)c2ccnc(C3(NC(=O)C4(NC(=O)c5cnc6n5[C@](C)(Cc5ccc(C#N)cc5)C(=O)N6c5cc(Cl)cc(Cl)c5)CC4)CC3)c2)C1. The highest BCUT2D eigenvalue weighted by Crippen LogP contribution is 2.48. The highest BCUT2D eigenvalue weighted by atomic mass is 35.5. The lowest BCUT2D eigenvalue weighted by Gasteiger charge is -2.27. The summed E-state index contributed by atoms with van der Waals surface area (Å²) in [6.07, 6.45) is 5.77. The number of carbonyl (C=O) groups is 5. The van der Waals surface area contributed by atoms with Crippen molar-refractivity contribution in [3.8, 4) is 6.07 Å². The van der Waals surface area contributed by atoms with Gasteiger partial charge in [-0.25, -0.2) is 9.88 Å². The van der Waals surface area contributed by atoms with Crippen molar-refractivity contribution in [2.45, 2.75) is 75.0 Å². The van der Waals surface area contributed by atoms with E-state index < -0.39 is 22.5 Å². The molecule has 2 aliphatic heterocycles. The van der Waals surface area contributed by atoms with E-state index in [0.29, 0.717) is 77.7 Å². The normalized spacial score (nSPS) is 21.2. The third kappa shape index (κ3) is 6.64. The van der Waals surface area contributed by atoms with Crippen molar-refractivity contribution in [3.63, 3.8) is 0 Å². The largest absolute Gasteiger partial charge is 0.352 e. The second-order valence-electron chi connectivity index (χ2n) is 15.2. The van der Waals surface area contributed by atoms with E-state index in [9.17, 15) is 29.2 Å². The Morgan fingerprint density at radius 2 is 1.68 bits per heavy atom. The number of benzene rings is 2. The van der Waals surface area contributed by atoms with Crippen LogP contribution in [0.5, 0.6) is 0 Å². The van der Waals surface area contributed by atoms with Crippen LogP contribution < -0.4 is 20.9 Å². The van der Waals surface area contributed by atoms with Gasteiger partial charge in [-0.15, -0.1) is 0 Å². The summed E-state index contributed by atoms with van der Waals surface area (Å²) >= 11 is 12.7. The molecule has 5 amide bonds. The number of nitrogens with one attached hydrogen (secondary N) is 3. The second-order valence-corrected chi connectivity index (χ2v) is 16.1. The number of anilines is 2. The monoisotopic (exact) mass is 793 g/mol. The Morgan fingerprint density at radius 1 is 0.964 bits per heavy atom. The number of carbonyl (C=O) groups excluding carboxylic acids is 5. The number of nitriles is 1. The van der Waals surface area contributed by atoms with Gasteiger partial charge in [0.05, 0.1) is 34.7 Å². The van der Waals surface area contributed by atoms with Gasteiger partial charge in [0.25, 0.3) is 17.7 Å². The standard InChI is InChI=1S/C40H37Cl2N9O5/c1-23(52)46-29-8-14-49(22-29)34(54)26-7-13-44-32(15-26)39(9-10-39)48-35(55)40(11-12-40)47-33(53)31-21-45-37-50(30-17-27(41)16-28(42)18-30)36(56)38(2,51(31)37)19-24-3-5-25(20-43)6-4-24/h3-7,13,15-18,21,29H,8-12,14,19,22H2,1-2H3,(H,46,52)(H,47,53)(H,48,55)/t29?,38-/m1/s1. The summed E-state index contributed by atoms with van der Waals surface area (Å²) in [6.45, 7) is 4.10. The lowest BCUT2D eigenvalue weighted by atomic mass is 9.91. The average Bonchev–Trinajstić information content (AvgIpc) is 4.00. The molecule has 2 atom stereocenters. The summed E-state index contributed by atoms with van der Waals surface area (Å²) in [7, 11) is 0. The van der Waals surface area contributed by atoms with Crippen molar-refractivity contribution < 1.29 is 24.0 Å². The molecule has 286 valence electrons. The molecule has 3 N–H and O–H groups in total. The van der Waals surface area contributed by atoms with Crippen molar-refractivity contribution in [1.29, 1.82) is 5.26 Å². The molecule has 0 spiro atoms. The topological polar surface area (TPSA) is 182 Å². The second kappa shape index (κ2) is 13.8. The first-order valence-corrected chi connectivity index (χ1v) is 19.1. The third-order valence-corrected chi connectivity index (χ3v) is 11.5. The Kier molecular flexibility index (Phi) is 9.13. The molecule has 2 saturated carbocycles. The molecule has 8 rings (SSSR count). The quantitative estimate of drug-likeness (QED) is 0.210. The maximum absolute atomic E-state index is 14.5. The van der Waals surface area contributed by atoms with E-state index in [0.717, 1.165) is 5.56 Å². The Balaban J connectivity index is 1.03. The third-order valence-electron chi connectivity index (χ3n) is 11.1. The molecule has 4 aliphatic rings. The van der Waals surface area contributed by atoms with Gasteiger partial charge < -0.3 is 20.9 Å². The van der Waals surface area contributed by atoms with Crippen LogP contribution in [0.4, 0.5) is 11.6 Å². The maximum Gasteiger partial charge on any atom is 0.270 e. The Hall–Kier alpha value is -5.78. The van der Waals surface area contributed by atoms with Gasteiger partial charge in [-0.2, -0.15) is 5.26 Å². The maximum atomic E-state index is 14.5. The molecular weight excluding hydrogens is 757 g/mol. The van der Waals surface area contributed by atoms with Crippen LogP contribution >= 0.6 is 23.2 Å². The molecule has 2 aromatic carbocycles. The Bertz CT molecular complexity index is 2350. The molecule has 14 nitrogen and oxygen atoms in total. The van der Waals surface area contributed by atoms with E-state index >= 15 is 0 Å². The van der Waals surface area contributed by atoms with E-state index in [1.165, 1.54) is 18.0 Å². The van der Waals surface area contributed by atoms with Crippen molar-refractivity contribution in [2.24, 2.45) is 0 Å². The van der Waals surface area contributed by atoms with Gasteiger partial charge in [0.2, 0.25) is 17.8 Å². The molecule has 4 aromatic rings. The summed E-state index contributed by atoms with van der Waals surface area (Å²) < 4.78 is 1.58. The van der Waals surface area contributed by atoms with Gasteiger partial charge in [0.1, 0.15) is 16.8 Å². The van der Waals surface area contributed by atoms with Gasteiger partial charge in [0.15, 0.2) is 0 Å². The molecule has 4 heterocycles. The highest BCUT2D eigenvalue weighted by Gasteiger charge is 2.57. The first-order chi connectivity index (χ1) is 26.7. The predicted molar refractivity (Wildman–Crippen MR) is 205 cm³/mol. The molecule has 2 aromatic heterocycles. The van der Waals surface area contributed by atoms with Crippen LogP contribution in [0.3, 0.4) is 0 Å². The molecule has 2 aliphatic carbocycles. The van der Waals surface area contributed by atoms with Crippen LogP contribution in [0.1, 0.15) is 83.6 Å². The molecule has 1 saturated heterocycles. The van der Waals surface area contributed by atoms with Gasteiger partial charge in [-0.1, -0.05) is 35.3 Å². The van der Waals surface area contributed by atoms with Crippen LogP contribution in [-0.2, 0) is 31.9 Å². The molecule has 1 unspecified atom stereocenters. The van der Waals surface area contributed by atoms with Gasteiger partial charge in [0, 0.05) is 54.3 Å². The smallest absolute Gasteiger partial charge is 0.270 e. The summed E-state index contributed by atoms with van der Waals surface area (Å²) in [5.41, 5.74) is -0.684. The van der Waals surface area contributed by atoms with E-state index in [1.54, 1.807) is 77.2 Å². The summed E-state index contributed by atoms with van der Waals surface area (Å²) in [5, 5.41) is 18.9. The zero-order valence-corrected chi connectivity index (χ0v) is 32.1. The lowest BCUT2D eigenvalue weighted by molar-refractivity contribution is -0.125. The number of halogens is 2. The van der Waals surface area contributed by atoms with Crippen molar-refractivity contribution in [3.05, 3.63) is 105 Å². The predicted octanol–water partition coefficient (Wildman–Crippen LogP) is 4.51. The minimum absolute atomic E-state index is 0.0795. The number of amides is 5. The van der Waals surface area contributed by atoms with Crippen LogP contribution in [0.15, 0.2) is 67.0 Å². The van der Waals surface area contributed by atoms with E-state index in [-0.39, 0.29) is 47.7 Å². The van der Waals surface area contributed by atoms with Gasteiger partial charge >= 0.3 is 0 Å². The summed E-state index contributed by atoms with van der Waals surface area (Å²) in [5.74, 6) is -1.46. The molecule has 16 heteroatoms. The molecule has 0 bridgehead atoms. The number of likely N-dealkylation sites (tertiary alicyclic amines) is 1. The average molecular weight is 795 g/mol. The number of pyridine rings is 1. The number of rotatable bonds is 10. The van der Waals surface area contributed by atoms with E-state index in [1.807, 2.05) is 0 Å². The number of imidazole rings is 1. The van der Waals surface area contributed by atoms with Gasteiger partial charge in [-0.3, -0.25) is 33.5 Å². The fourth-order valence-corrected chi connectivity index (χ4v) is 8.32. The van der Waals surface area contributed by atoms with Crippen LogP contribution in [0.25, 0.3) is 0 Å². The minimum Gasteiger partial charge on any atom is -0.352 e. The first kappa shape index (κ1) is 37.2. The first-order valence-electron chi connectivity index (χ1n) is 18.3. The van der Waals surface area contributed by atoms with E-state index in [4.69, 9.17) is 23.2 Å². The fourth-order valence-electron chi connectivity index (χ4n) is 7.80. The number of hydrogen-bond donors (Lipinski definition) is 3.